The Morgan fingerprint density at radius 2 is 2.09 bits per heavy atom. The van der Waals surface area contributed by atoms with Gasteiger partial charge >= 0.3 is 0 Å². The molecule has 0 radical (unpaired) electrons. The molecule has 2 rings (SSSR count). The fourth-order valence-electron chi connectivity index (χ4n) is 1.88. The van der Waals surface area contributed by atoms with Crippen molar-refractivity contribution < 1.29 is 9.18 Å². The van der Waals surface area contributed by atoms with Gasteiger partial charge in [0, 0.05) is 11.4 Å². The summed E-state index contributed by atoms with van der Waals surface area (Å²) < 4.78 is 13.4. The molecule has 0 spiro atoms. The predicted molar refractivity (Wildman–Crippen MR) is 87.1 cm³/mol. The van der Waals surface area contributed by atoms with E-state index in [4.69, 9.17) is 5.26 Å². The number of anilines is 1. The van der Waals surface area contributed by atoms with Crippen molar-refractivity contribution in [1.82, 2.24) is 0 Å². The molecule has 0 aliphatic carbocycles. The lowest BCUT2D eigenvalue weighted by atomic mass is 10.1. The fraction of sp³-hybridized carbons (Fsp3) is 0.176. The summed E-state index contributed by atoms with van der Waals surface area (Å²) in [5, 5.41) is 11.7. The zero-order chi connectivity index (χ0) is 15.9. The highest BCUT2D eigenvalue weighted by molar-refractivity contribution is 7.99. The SMILES string of the molecule is Cc1ccc(NC(=O)CSCc2ccccc2C#N)cc1F. The monoisotopic (exact) mass is 314 g/mol. The molecule has 0 aromatic heterocycles. The van der Waals surface area contributed by atoms with Crippen LogP contribution in [-0.2, 0) is 10.5 Å². The second-order valence-corrected chi connectivity index (χ2v) is 5.76. The molecular formula is C17H15FN2OS. The number of amides is 1. The van der Waals surface area contributed by atoms with Gasteiger partial charge in [-0.15, -0.1) is 11.8 Å². The van der Waals surface area contributed by atoms with Crippen LogP contribution in [0.2, 0.25) is 0 Å². The maximum absolute atomic E-state index is 13.4. The zero-order valence-corrected chi connectivity index (χ0v) is 12.9. The van der Waals surface area contributed by atoms with E-state index in [1.807, 2.05) is 18.2 Å². The van der Waals surface area contributed by atoms with E-state index in [0.29, 0.717) is 22.6 Å². The van der Waals surface area contributed by atoms with Crippen LogP contribution in [0.25, 0.3) is 0 Å². The van der Waals surface area contributed by atoms with E-state index in [-0.39, 0.29) is 17.5 Å². The second kappa shape index (κ2) is 7.62. The molecule has 0 fully saturated rings. The van der Waals surface area contributed by atoms with Gasteiger partial charge in [-0.05, 0) is 36.2 Å². The number of hydrogen-bond donors (Lipinski definition) is 1. The summed E-state index contributed by atoms with van der Waals surface area (Å²) in [6, 6.07) is 14.0. The van der Waals surface area contributed by atoms with Crippen LogP contribution in [0.5, 0.6) is 0 Å². The third-order valence-corrected chi connectivity index (χ3v) is 4.07. The first-order chi connectivity index (χ1) is 10.6. The molecule has 3 nitrogen and oxygen atoms in total. The van der Waals surface area contributed by atoms with Crippen LogP contribution in [0.4, 0.5) is 10.1 Å². The fourth-order valence-corrected chi connectivity index (χ4v) is 2.71. The molecule has 2 aromatic carbocycles. The zero-order valence-electron chi connectivity index (χ0n) is 12.1. The molecule has 2 aromatic rings. The van der Waals surface area contributed by atoms with Crippen molar-refractivity contribution in [3.05, 3.63) is 65.0 Å². The molecule has 1 N–H and O–H groups in total. The van der Waals surface area contributed by atoms with E-state index < -0.39 is 0 Å². The van der Waals surface area contributed by atoms with Gasteiger partial charge in [0.1, 0.15) is 5.82 Å². The Bertz CT molecular complexity index is 725. The number of rotatable bonds is 5. The van der Waals surface area contributed by atoms with Gasteiger partial charge < -0.3 is 5.32 Å². The highest BCUT2D eigenvalue weighted by Gasteiger charge is 2.06. The summed E-state index contributed by atoms with van der Waals surface area (Å²) in [5.74, 6) is 0.297. The minimum absolute atomic E-state index is 0.192. The summed E-state index contributed by atoms with van der Waals surface area (Å²) in [7, 11) is 0. The van der Waals surface area contributed by atoms with Crippen molar-refractivity contribution in [1.29, 1.82) is 5.26 Å². The van der Waals surface area contributed by atoms with Crippen LogP contribution in [0, 0.1) is 24.1 Å². The molecule has 0 bridgehead atoms. The van der Waals surface area contributed by atoms with Crippen molar-refractivity contribution in [3.63, 3.8) is 0 Å². The number of aryl methyl sites for hydroxylation is 1. The lowest BCUT2D eigenvalue weighted by Crippen LogP contribution is -2.14. The number of benzene rings is 2. The summed E-state index contributed by atoms with van der Waals surface area (Å²) >= 11 is 1.41. The number of carbonyl (C=O) groups excluding carboxylic acids is 1. The number of halogens is 1. The Morgan fingerprint density at radius 3 is 2.82 bits per heavy atom. The van der Waals surface area contributed by atoms with E-state index in [0.717, 1.165) is 5.56 Å². The number of carbonyl (C=O) groups is 1. The van der Waals surface area contributed by atoms with Crippen LogP contribution in [-0.4, -0.2) is 11.7 Å². The van der Waals surface area contributed by atoms with Crippen LogP contribution in [0.1, 0.15) is 16.7 Å². The van der Waals surface area contributed by atoms with Crippen molar-refractivity contribution in [2.24, 2.45) is 0 Å². The topological polar surface area (TPSA) is 52.9 Å². The lowest BCUT2D eigenvalue weighted by molar-refractivity contribution is -0.113. The van der Waals surface area contributed by atoms with E-state index in [1.54, 1.807) is 25.1 Å². The van der Waals surface area contributed by atoms with Gasteiger partial charge in [-0.1, -0.05) is 24.3 Å². The standard InChI is InChI=1S/C17H15FN2OS/c1-12-6-7-15(8-16(12)18)20-17(21)11-22-10-14-5-3-2-4-13(14)9-19/h2-8H,10-11H2,1H3,(H,20,21). The summed E-state index contributed by atoms with van der Waals surface area (Å²) in [6.45, 7) is 1.67. The number of nitrogens with one attached hydrogen (secondary N) is 1. The third-order valence-electron chi connectivity index (χ3n) is 3.08. The largest absolute Gasteiger partial charge is 0.325 e. The molecule has 0 saturated carbocycles. The highest BCUT2D eigenvalue weighted by atomic mass is 32.2. The molecule has 0 unspecified atom stereocenters. The Hall–Kier alpha value is -2.32. The van der Waals surface area contributed by atoms with Gasteiger partial charge in [-0.3, -0.25) is 4.79 Å². The van der Waals surface area contributed by atoms with Crippen LogP contribution in [0.3, 0.4) is 0 Å². The molecule has 0 aliphatic heterocycles. The minimum atomic E-state index is -0.339. The molecule has 112 valence electrons. The van der Waals surface area contributed by atoms with Gasteiger partial charge in [0.15, 0.2) is 0 Å². The molecule has 1 amide bonds. The van der Waals surface area contributed by atoms with Crippen molar-refractivity contribution >= 4 is 23.4 Å². The number of nitrogens with zero attached hydrogens (tertiary/aromatic N) is 1. The van der Waals surface area contributed by atoms with Crippen LogP contribution < -0.4 is 5.32 Å². The van der Waals surface area contributed by atoms with Crippen molar-refractivity contribution in [3.8, 4) is 6.07 Å². The maximum Gasteiger partial charge on any atom is 0.234 e. The van der Waals surface area contributed by atoms with Gasteiger partial charge in [0.05, 0.1) is 17.4 Å². The lowest BCUT2D eigenvalue weighted by Gasteiger charge is -2.07. The Kier molecular flexibility index (Phi) is 5.56. The second-order valence-electron chi connectivity index (χ2n) is 4.77. The summed E-state index contributed by atoms with van der Waals surface area (Å²) in [4.78, 5) is 11.8. The summed E-state index contributed by atoms with van der Waals surface area (Å²) in [6.07, 6.45) is 0. The van der Waals surface area contributed by atoms with E-state index >= 15 is 0 Å². The van der Waals surface area contributed by atoms with Crippen molar-refractivity contribution in [2.75, 3.05) is 11.1 Å². The van der Waals surface area contributed by atoms with Crippen LogP contribution in [0.15, 0.2) is 42.5 Å². The molecule has 0 atom stereocenters. The van der Waals surface area contributed by atoms with Gasteiger partial charge in [-0.2, -0.15) is 5.26 Å². The molecule has 0 heterocycles. The average molecular weight is 314 g/mol. The Balaban J connectivity index is 1.85. The Morgan fingerprint density at radius 1 is 1.32 bits per heavy atom. The van der Waals surface area contributed by atoms with Gasteiger partial charge in [0.2, 0.25) is 5.91 Å². The Labute approximate surface area is 133 Å². The van der Waals surface area contributed by atoms with Gasteiger partial charge in [0.25, 0.3) is 0 Å². The van der Waals surface area contributed by atoms with Crippen molar-refractivity contribution in [2.45, 2.75) is 12.7 Å². The first-order valence-electron chi connectivity index (χ1n) is 6.72. The van der Waals surface area contributed by atoms with Crippen LogP contribution >= 0.6 is 11.8 Å². The number of thioether (sulfide) groups is 1. The smallest absolute Gasteiger partial charge is 0.234 e. The van der Waals surface area contributed by atoms with E-state index in [1.165, 1.54) is 17.8 Å². The quantitative estimate of drug-likeness (QED) is 0.911. The minimum Gasteiger partial charge on any atom is -0.325 e. The van der Waals surface area contributed by atoms with E-state index in [9.17, 15) is 9.18 Å². The first-order valence-corrected chi connectivity index (χ1v) is 7.87. The summed E-state index contributed by atoms with van der Waals surface area (Å²) in [5.41, 5.74) is 2.52. The molecule has 0 saturated heterocycles. The maximum atomic E-state index is 13.4. The highest BCUT2D eigenvalue weighted by Crippen LogP contribution is 2.17. The van der Waals surface area contributed by atoms with E-state index in [2.05, 4.69) is 11.4 Å². The predicted octanol–water partition coefficient (Wildman–Crippen LogP) is 3.88. The average Bonchev–Trinajstić information content (AvgIpc) is 2.51. The third kappa shape index (κ3) is 4.34. The first kappa shape index (κ1) is 16.1. The number of nitriles is 1. The van der Waals surface area contributed by atoms with Gasteiger partial charge in [-0.25, -0.2) is 4.39 Å². The number of hydrogen-bond acceptors (Lipinski definition) is 3. The molecular weight excluding hydrogens is 299 g/mol. The normalized spacial score (nSPS) is 10.0. The molecule has 0 aliphatic rings. The molecule has 5 heteroatoms. The molecule has 22 heavy (non-hydrogen) atoms.